The molecular formula is C40H82N2+2. The number of rotatable bonds is 19. The molecule has 2 fully saturated rings. The normalized spacial score (nSPS) is 28.0. The van der Waals surface area contributed by atoms with Crippen LogP contribution in [0.25, 0.3) is 0 Å². The monoisotopic (exact) mass is 591 g/mol. The van der Waals surface area contributed by atoms with E-state index in [1.807, 2.05) is 0 Å². The Labute approximate surface area is 267 Å². The van der Waals surface area contributed by atoms with Crippen LogP contribution in [-0.4, -0.2) is 62.3 Å². The fraction of sp³-hybridized carbons (Fsp3) is 1.00. The van der Waals surface area contributed by atoms with Gasteiger partial charge in [0.15, 0.2) is 0 Å². The molecule has 0 bridgehead atoms. The minimum atomic E-state index is 0.549. The van der Waals surface area contributed by atoms with Gasteiger partial charge in [-0.2, -0.15) is 0 Å². The molecule has 2 aliphatic carbocycles. The minimum absolute atomic E-state index is 0.549. The summed E-state index contributed by atoms with van der Waals surface area (Å²) in [5.74, 6) is 3.67. The first kappa shape index (κ1) is 38.1. The molecule has 0 N–H and O–H groups in total. The average Bonchev–Trinajstić information content (AvgIpc) is 2.88. The van der Waals surface area contributed by atoms with Crippen molar-refractivity contribution in [3.63, 3.8) is 0 Å². The highest BCUT2D eigenvalue weighted by molar-refractivity contribution is 4.87. The molecule has 0 aromatic rings. The van der Waals surface area contributed by atoms with Crippen molar-refractivity contribution in [3.05, 3.63) is 0 Å². The molecule has 2 nitrogen and oxygen atoms in total. The first-order valence-electron chi connectivity index (χ1n) is 19.1. The maximum Gasteiger partial charge on any atom is 0.0857 e. The molecule has 0 radical (unpaired) electrons. The Morgan fingerprint density at radius 1 is 0.548 bits per heavy atom. The van der Waals surface area contributed by atoms with Crippen molar-refractivity contribution in [3.8, 4) is 0 Å². The third kappa shape index (κ3) is 12.0. The van der Waals surface area contributed by atoms with Gasteiger partial charge >= 0.3 is 0 Å². The fourth-order valence-electron chi connectivity index (χ4n) is 9.50. The molecule has 2 rings (SSSR count). The maximum atomic E-state index is 2.54. The summed E-state index contributed by atoms with van der Waals surface area (Å²) in [6, 6.07) is 1.56. The van der Waals surface area contributed by atoms with E-state index in [0.717, 1.165) is 35.8 Å². The molecule has 0 saturated heterocycles. The molecule has 0 aromatic carbocycles. The van der Waals surface area contributed by atoms with E-state index in [2.05, 4.69) is 83.6 Å². The lowest BCUT2D eigenvalue weighted by Crippen LogP contribution is -2.48. The van der Waals surface area contributed by atoms with Gasteiger partial charge in [-0.3, -0.25) is 0 Å². The molecule has 0 spiro atoms. The summed E-state index contributed by atoms with van der Waals surface area (Å²) >= 11 is 0. The van der Waals surface area contributed by atoms with Crippen LogP contribution in [0.4, 0.5) is 0 Å². The topological polar surface area (TPSA) is 0 Å². The smallest absolute Gasteiger partial charge is 0.0857 e. The van der Waals surface area contributed by atoms with Gasteiger partial charge in [0.05, 0.1) is 53.4 Å². The van der Waals surface area contributed by atoms with Gasteiger partial charge in [0.1, 0.15) is 0 Å². The molecule has 0 aliphatic heterocycles. The molecule has 250 valence electrons. The van der Waals surface area contributed by atoms with Gasteiger partial charge in [0.2, 0.25) is 0 Å². The van der Waals surface area contributed by atoms with Crippen molar-refractivity contribution in [1.82, 2.24) is 0 Å². The number of hydrogen-bond acceptors (Lipinski definition) is 0. The first-order chi connectivity index (χ1) is 19.5. The summed E-state index contributed by atoms with van der Waals surface area (Å²) in [7, 11) is 9.99. The summed E-state index contributed by atoms with van der Waals surface area (Å²) in [4.78, 5) is 0. The van der Waals surface area contributed by atoms with Gasteiger partial charge in [-0.25, -0.2) is 0 Å². The van der Waals surface area contributed by atoms with Crippen LogP contribution >= 0.6 is 0 Å². The van der Waals surface area contributed by atoms with E-state index in [9.17, 15) is 0 Å². The van der Waals surface area contributed by atoms with Crippen molar-refractivity contribution < 1.29 is 8.97 Å². The molecule has 0 heterocycles. The van der Waals surface area contributed by atoms with Crippen molar-refractivity contribution in [2.24, 2.45) is 34.5 Å². The molecule has 6 atom stereocenters. The van der Waals surface area contributed by atoms with Gasteiger partial charge < -0.3 is 8.97 Å². The van der Waals surface area contributed by atoms with E-state index in [4.69, 9.17) is 0 Å². The van der Waals surface area contributed by atoms with E-state index in [1.54, 1.807) is 0 Å². The van der Waals surface area contributed by atoms with Gasteiger partial charge in [0, 0.05) is 0 Å². The second-order valence-corrected chi connectivity index (χ2v) is 18.6. The summed E-state index contributed by atoms with van der Waals surface area (Å²) in [6.07, 6.45) is 25.8. The predicted octanol–water partition coefficient (Wildman–Crippen LogP) is 11.5. The number of nitrogens with zero attached hydrogens (tertiary/aromatic N) is 2. The third-order valence-corrected chi connectivity index (χ3v) is 13.7. The third-order valence-electron chi connectivity index (χ3n) is 13.7. The fourth-order valence-corrected chi connectivity index (χ4v) is 9.50. The number of unbranched alkanes of at least 4 members (excludes halogenated alkanes) is 7. The Morgan fingerprint density at radius 2 is 0.857 bits per heavy atom. The standard InChI is InChI=1S/C40H82N2/c1-33-23-21-29-39(5,6)37(33)27-25-35(3)41(9,10)31-19-17-15-13-14-16-18-20-32-42(11,12)36(4)26-28-38-34(2)24-22-30-40(38,7)8/h33-38H,13-32H2,1-12H3/q+2. The summed E-state index contributed by atoms with van der Waals surface area (Å²) in [5, 5.41) is 0. The summed E-state index contributed by atoms with van der Waals surface area (Å²) < 4.78 is 2.43. The molecule has 2 aliphatic rings. The van der Waals surface area contributed by atoms with Crippen molar-refractivity contribution in [1.29, 1.82) is 0 Å². The van der Waals surface area contributed by atoms with Crippen LogP contribution < -0.4 is 0 Å². The summed E-state index contributed by atoms with van der Waals surface area (Å²) in [5.41, 5.74) is 1.10. The Bertz CT molecular complexity index is 672. The molecule has 42 heavy (non-hydrogen) atoms. The first-order valence-corrected chi connectivity index (χ1v) is 19.1. The lowest BCUT2D eigenvalue weighted by Gasteiger charge is -2.44. The highest BCUT2D eigenvalue weighted by atomic mass is 15.3. The lowest BCUT2D eigenvalue weighted by molar-refractivity contribution is -0.913. The van der Waals surface area contributed by atoms with E-state index >= 15 is 0 Å². The average molecular weight is 591 g/mol. The molecule has 0 aromatic heterocycles. The minimum Gasteiger partial charge on any atom is -0.326 e. The Balaban J connectivity index is 1.53. The Hall–Kier alpha value is -0.0800. The van der Waals surface area contributed by atoms with E-state index in [-0.39, 0.29) is 0 Å². The van der Waals surface area contributed by atoms with Gasteiger partial charge in [-0.05, 0) is 113 Å². The molecular weight excluding hydrogens is 508 g/mol. The van der Waals surface area contributed by atoms with E-state index < -0.39 is 0 Å². The molecule has 2 heteroatoms. The summed E-state index contributed by atoms with van der Waals surface area (Å²) in [6.45, 7) is 23.0. The number of hydrogen-bond donors (Lipinski definition) is 0. The van der Waals surface area contributed by atoms with Crippen LogP contribution in [0.1, 0.15) is 171 Å². The van der Waals surface area contributed by atoms with Gasteiger partial charge in [-0.1, -0.05) is 92.9 Å². The van der Waals surface area contributed by atoms with Gasteiger partial charge in [-0.15, -0.1) is 0 Å². The second kappa shape index (κ2) is 17.0. The zero-order valence-electron chi connectivity index (χ0n) is 31.5. The van der Waals surface area contributed by atoms with Crippen LogP contribution in [0.15, 0.2) is 0 Å². The van der Waals surface area contributed by atoms with E-state index in [0.29, 0.717) is 10.8 Å². The van der Waals surface area contributed by atoms with Crippen LogP contribution in [-0.2, 0) is 0 Å². The molecule has 6 unspecified atom stereocenters. The second-order valence-electron chi connectivity index (χ2n) is 18.6. The van der Waals surface area contributed by atoms with Crippen molar-refractivity contribution in [2.75, 3.05) is 41.3 Å². The van der Waals surface area contributed by atoms with Crippen LogP contribution in [0.5, 0.6) is 0 Å². The highest BCUT2D eigenvalue weighted by Gasteiger charge is 2.38. The molecule has 2 saturated carbocycles. The zero-order valence-corrected chi connectivity index (χ0v) is 31.5. The highest BCUT2D eigenvalue weighted by Crippen LogP contribution is 2.47. The molecule has 0 amide bonds. The van der Waals surface area contributed by atoms with Crippen molar-refractivity contribution in [2.45, 2.75) is 183 Å². The maximum absolute atomic E-state index is 2.54. The SMILES string of the molecule is CC1CCCC(C)(C)C1CCC(C)[N+](C)(C)CCCCCCCCCC[N+](C)(C)C(C)CCC1C(C)CCCC1(C)C. The van der Waals surface area contributed by atoms with Gasteiger partial charge in [0.25, 0.3) is 0 Å². The number of quaternary nitrogens is 2. The Kier molecular flexibility index (Phi) is 15.4. The van der Waals surface area contributed by atoms with Crippen LogP contribution in [0.3, 0.4) is 0 Å². The zero-order chi connectivity index (χ0) is 31.6. The van der Waals surface area contributed by atoms with Crippen LogP contribution in [0, 0.1) is 34.5 Å². The predicted molar refractivity (Wildman–Crippen MR) is 189 cm³/mol. The quantitative estimate of drug-likeness (QED) is 0.104. The Morgan fingerprint density at radius 3 is 1.17 bits per heavy atom. The van der Waals surface area contributed by atoms with E-state index in [1.165, 1.54) is 138 Å². The largest absolute Gasteiger partial charge is 0.326 e. The lowest BCUT2D eigenvalue weighted by atomic mass is 9.62. The van der Waals surface area contributed by atoms with Crippen LogP contribution in [0.2, 0.25) is 0 Å². The van der Waals surface area contributed by atoms with Crippen molar-refractivity contribution >= 4 is 0 Å².